The highest BCUT2D eigenvalue weighted by atomic mass is 35.5. The molecule has 0 fully saturated rings. The molecule has 3 N–H and O–H groups in total. The topological polar surface area (TPSA) is 72.9 Å². The second-order valence-electron chi connectivity index (χ2n) is 5.40. The molecule has 0 aliphatic heterocycles. The van der Waals surface area contributed by atoms with Gasteiger partial charge in [0, 0.05) is 41.1 Å². The number of nitrogens with one attached hydrogen (secondary N) is 1. The van der Waals surface area contributed by atoms with Crippen LogP contribution in [-0.4, -0.2) is 22.0 Å². The summed E-state index contributed by atoms with van der Waals surface area (Å²) >= 11 is 1.47. The number of aromatic nitrogens is 2. The lowest BCUT2D eigenvalue weighted by Crippen LogP contribution is -2.12. The van der Waals surface area contributed by atoms with E-state index in [9.17, 15) is 4.79 Å². The van der Waals surface area contributed by atoms with Crippen LogP contribution in [0.15, 0.2) is 35.8 Å². The first-order valence-electron chi connectivity index (χ1n) is 7.76. The third kappa shape index (κ3) is 4.95. The molecule has 8 heteroatoms. The van der Waals surface area contributed by atoms with Gasteiger partial charge in [0.2, 0.25) is 0 Å². The third-order valence-corrected chi connectivity index (χ3v) is 4.54. The molecule has 136 valence electrons. The van der Waals surface area contributed by atoms with Crippen molar-refractivity contribution in [3.63, 3.8) is 0 Å². The standard InChI is InChI=1S/C17H20N4OS.2ClH/c1-2-8-21-9-6-12-10-13(3-4-15(12)21)19-17(22)14-11-23-16(20-14)5-7-18;;/h3-4,6,9-11H,2,5,7-8,18H2,1H3,(H,19,22);2*1H. The van der Waals surface area contributed by atoms with Crippen LogP contribution >= 0.6 is 36.2 Å². The average molecular weight is 401 g/mol. The van der Waals surface area contributed by atoms with Crippen molar-refractivity contribution < 1.29 is 4.79 Å². The Morgan fingerprint density at radius 1 is 1.32 bits per heavy atom. The third-order valence-electron chi connectivity index (χ3n) is 3.64. The fourth-order valence-corrected chi connectivity index (χ4v) is 3.36. The number of halogens is 2. The minimum Gasteiger partial charge on any atom is -0.347 e. The number of hydrogen-bond acceptors (Lipinski definition) is 4. The van der Waals surface area contributed by atoms with Crippen molar-refractivity contribution in [2.75, 3.05) is 11.9 Å². The maximum atomic E-state index is 12.3. The number of aryl methyl sites for hydroxylation is 1. The zero-order valence-electron chi connectivity index (χ0n) is 13.9. The molecule has 1 amide bonds. The van der Waals surface area contributed by atoms with Crippen LogP contribution in [-0.2, 0) is 13.0 Å². The summed E-state index contributed by atoms with van der Waals surface area (Å²) in [4.78, 5) is 16.6. The summed E-state index contributed by atoms with van der Waals surface area (Å²) < 4.78 is 2.22. The van der Waals surface area contributed by atoms with Gasteiger partial charge in [-0.15, -0.1) is 36.2 Å². The summed E-state index contributed by atoms with van der Waals surface area (Å²) in [5, 5.41) is 6.70. The van der Waals surface area contributed by atoms with Crippen LogP contribution in [0.3, 0.4) is 0 Å². The highest BCUT2D eigenvalue weighted by Gasteiger charge is 2.11. The molecular formula is C17H22Cl2N4OS. The number of rotatable bonds is 6. The molecule has 2 aromatic heterocycles. The van der Waals surface area contributed by atoms with Gasteiger partial charge in [-0.2, -0.15) is 0 Å². The van der Waals surface area contributed by atoms with Gasteiger partial charge in [-0.25, -0.2) is 4.98 Å². The Bertz CT molecular complexity index is 831. The molecule has 1 aromatic carbocycles. The van der Waals surface area contributed by atoms with E-state index in [1.807, 2.05) is 18.2 Å². The summed E-state index contributed by atoms with van der Waals surface area (Å²) in [6.45, 7) is 3.70. The second-order valence-corrected chi connectivity index (χ2v) is 6.34. The quantitative estimate of drug-likeness (QED) is 0.653. The van der Waals surface area contributed by atoms with Crippen LogP contribution in [0.4, 0.5) is 5.69 Å². The fraction of sp³-hybridized carbons (Fsp3) is 0.294. The van der Waals surface area contributed by atoms with E-state index >= 15 is 0 Å². The van der Waals surface area contributed by atoms with Crippen LogP contribution in [0, 0.1) is 0 Å². The van der Waals surface area contributed by atoms with Gasteiger partial charge in [-0.1, -0.05) is 6.92 Å². The molecule has 5 nitrogen and oxygen atoms in total. The van der Waals surface area contributed by atoms with Crippen molar-refractivity contribution in [1.29, 1.82) is 0 Å². The van der Waals surface area contributed by atoms with Crippen LogP contribution in [0.5, 0.6) is 0 Å². The van der Waals surface area contributed by atoms with E-state index in [1.54, 1.807) is 5.38 Å². The number of benzene rings is 1. The Hall–Kier alpha value is -1.60. The maximum Gasteiger partial charge on any atom is 0.275 e. The van der Waals surface area contributed by atoms with Gasteiger partial charge in [-0.05, 0) is 37.2 Å². The zero-order chi connectivity index (χ0) is 16.2. The zero-order valence-corrected chi connectivity index (χ0v) is 16.3. The molecule has 3 aromatic rings. The van der Waals surface area contributed by atoms with E-state index in [4.69, 9.17) is 5.73 Å². The highest BCUT2D eigenvalue weighted by Crippen LogP contribution is 2.21. The van der Waals surface area contributed by atoms with E-state index in [1.165, 1.54) is 16.9 Å². The largest absolute Gasteiger partial charge is 0.347 e. The minimum absolute atomic E-state index is 0. The lowest BCUT2D eigenvalue weighted by atomic mass is 10.2. The average Bonchev–Trinajstić information content (AvgIpc) is 3.15. The molecule has 3 rings (SSSR count). The first-order chi connectivity index (χ1) is 11.2. The number of nitrogens with zero attached hydrogens (tertiary/aromatic N) is 2. The molecule has 0 unspecified atom stereocenters. The summed E-state index contributed by atoms with van der Waals surface area (Å²) in [6.07, 6.45) is 3.88. The van der Waals surface area contributed by atoms with Crippen LogP contribution in [0.25, 0.3) is 10.9 Å². The number of carbonyl (C=O) groups excluding carboxylic acids is 1. The number of fused-ring (bicyclic) bond motifs is 1. The maximum absolute atomic E-state index is 12.3. The Labute approximate surface area is 163 Å². The van der Waals surface area contributed by atoms with Crippen LogP contribution < -0.4 is 11.1 Å². The van der Waals surface area contributed by atoms with E-state index in [0.29, 0.717) is 18.7 Å². The van der Waals surface area contributed by atoms with Gasteiger partial charge in [-0.3, -0.25) is 4.79 Å². The van der Waals surface area contributed by atoms with Gasteiger partial charge in [0.05, 0.1) is 5.01 Å². The lowest BCUT2D eigenvalue weighted by molar-refractivity contribution is 0.102. The van der Waals surface area contributed by atoms with Crippen molar-refractivity contribution in [2.45, 2.75) is 26.3 Å². The van der Waals surface area contributed by atoms with E-state index < -0.39 is 0 Å². The van der Waals surface area contributed by atoms with Crippen molar-refractivity contribution >= 4 is 58.6 Å². The number of amides is 1. The number of thiazole rings is 1. The Balaban J connectivity index is 0.00000156. The number of carbonyl (C=O) groups is 1. The van der Waals surface area contributed by atoms with Crippen LogP contribution in [0.1, 0.15) is 28.8 Å². The molecule has 0 spiro atoms. The first-order valence-corrected chi connectivity index (χ1v) is 8.64. The molecule has 25 heavy (non-hydrogen) atoms. The number of nitrogens with two attached hydrogens (primary N) is 1. The molecule has 0 aliphatic carbocycles. The molecule has 0 bridgehead atoms. The molecule has 2 heterocycles. The SMILES string of the molecule is CCCn1ccc2cc(NC(=O)c3csc(CCN)n3)ccc21.Cl.Cl. The van der Waals surface area contributed by atoms with Gasteiger partial charge in [0.25, 0.3) is 5.91 Å². The van der Waals surface area contributed by atoms with Gasteiger partial charge >= 0.3 is 0 Å². The van der Waals surface area contributed by atoms with E-state index in [-0.39, 0.29) is 30.7 Å². The normalized spacial score (nSPS) is 10.2. The molecular weight excluding hydrogens is 379 g/mol. The number of hydrogen-bond donors (Lipinski definition) is 2. The molecule has 0 saturated carbocycles. The van der Waals surface area contributed by atoms with Gasteiger partial charge < -0.3 is 15.6 Å². The van der Waals surface area contributed by atoms with Gasteiger partial charge in [0.15, 0.2) is 0 Å². The summed E-state index contributed by atoms with van der Waals surface area (Å²) in [5.41, 5.74) is 7.92. The molecule has 0 aliphatic rings. The Kier molecular flexibility index (Phi) is 8.38. The van der Waals surface area contributed by atoms with Crippen LogP contribution in [0.2, 0.25) is 0 Å². The molecule has 0 saturated heterocycles. The predicted octanol–water partition coefficient (Wildman–Crippen LogP) is 4.10. The molecule has 0 atom stereocenters. The van der Waals surface area contributed by atoms with Crippen molar-refractivity contribution in [3.05, 3.63) is 46.5 Å². The molecule has 0 radical (unpaired) electrons. The predicted molar refractivity (Wildman–Crippen MR) is 110 cm³/mol. The van der Waals surface area contributed by atoms with Crippen molar-refractivity contribution in [2.24, 2.45) is 5.73 Å². The highest BCUT2D eigenvalue weighted by molar-refractivity contribution is 7.09. The fourth-order valence-electron chi connectivity index (χ4n) is 2.56. The minimum atomic E-state index is -0.183. The smallest absolute Gasteiger partial charge is 0.275 e. The Morgan fingerprint density at radius 3 is 2.84 bits per heavy atom. The van der Waals surface area contributed by atoms with Gasteiger partial charge in [0.1, 0.15) is 5.69 Å². The van der Waals surface area contributed by atoms with E-state index in [2.05, 4.69) is 34.1 Å². The first kappa shape index (κ1) is 21.4. The van der Waals surface area contributed by atoms with Crippen molar-refractivity contribution in [3.8, 4) is 0 Å². The Morgan fingerprint density at radius 2 is 2.12 bits per heavy atom. The summed E-state index contributed by atoms with van der Waals surface area (Å²) in [5.74, 6) is -0.183. The monoisotopic (exact) mass is 400 g/mol. The summed E-state index contributed by atoms with van der Waals surface area (Å²) in [7, 11) is 0. The lowest BCUT2D eigenvalue weighted by Gasteiger charge is -2.06. The van der Waals surface area contributed by atoms with E-state index in [0.717, 1.165) is 29.0 Å². The second kappa shape index (κ2) is 9.77. The van der Waals surface area contributed by atoms with Crippen molar-refractivity contribution in [1.82, 2.24) is 9.55 Å². The number of anilines is 1. The summed E-state index contributed by atoms with van der Waals surface area (Å²) in [6, 6.07) is 8.04.